The summed E-state index contributed by atoms with van der Waals surface area (Å²) in [5.74, 6) is -0.641. The summed E-state index contributed by atoms with van der Waals surface area (Å²) in [7, 11) is 0. The highest BCUT2D eigenvalue weighted by Gasteiger charge is 2.17. The summed E-state index contributed by atoms with van der Waals surface area (Å²) in [6, 6.07) is 11.5. The first-order valence-corrected chi connectivity index (χ1v) is 7.79. The van der Waals surface area contributed by atoms with Gasteiger partial charge in [-0.05, 0) is 36.4 Å². The van der Waals surface area contributed by atoms with Gasteiger partial charge in [0.05, 0.1) is 10.0 Å². The van der Waals surface area contributed by atoms with Crippen molar-refractivity contribution in [2.45, 2.75) is 6.92 Å². The first-order valence-electron chi connectivity index (χ1n) is 6.65. The number of rotatable bonds is 4. The molecule has 0 aliphatic carbocycles. The second-order valence-corrected chi connectivity index (χ2v) is 6.01. The number of halogens is 3. The molecule has 2 aromatic rings. The topological polar surface area (TPSA) is 49.4 Å². The molecule has 0 aliphatic rings. The van der Waals surface area contributed by atoms with Crippen molar-refractivity contribution < 1.29 is 9.59 Å². The lowest BCUT2D eigenvalue weighted by Gasteiger charge is -2.21. The van der Waals surface area contributed by atoms with Gasteiger partial charge in [0, 0.05) is 23.3 Å². The Morgan fingerprint density at radius 2 is 1.78 bits per heavy atom. The maximum atomic E-state index is 12.2. The van der Waals surface area contributed by atoms with Crippen LogP contribution in [0.25, 0.3) is 0 Å². The molecule has 4 nitrogen and oxygen atoms in total. The van der Waals surface area contributed by atoms with Crippen LogP contribution in [0.1, 0.15) is 6.92 Å². The summed E-state index contributed by atoms with van der Waals surface area (Å²) in [6.45, 7) is 1.22. The van der Waals surface area contributed by atoms with Gasteiger partial charge in [0.2, 0.25) is 11.8 Å². The summed E-state index contributed by atoms with van der Waals surface area (Å²) in [5.41, 5.74) is 1.05. The highest BCUT2D eigenvalue weighted by molar-refractivity contribution is 6.42. The average molecular weight is 372 g/mol. The van der Waals surface area contributed by atoms with E-state index in [0.717, 1.165) is 0 Å². The molecule has 2 aromatic carbocycles. The summed E-state index contributed by atoms with van der Waals surface area (Å²) in [5, 5.41) is 3.89. The number of carbonyl (C=O) groups is 2. The number of benzene rings is 2. The van der Waals surface area contributed by atoms with Crippen LogP contribution in [0.4, 0.5) is 11.4 Å². The summed E-state index contributed by atoms with van der Waals surface area (Å²) in [6.07, 6.45) is 0. The quantitative estimate of drug-likeness (QED) is 0.851. The summed E-state index contributed by atoms with van der Waals surface area (Å²) < 4.78 is 0. The number of amides is 2. The maximum Gasteiger partial charge on any atom is 0.244 e. The predicted molar refractivity (Wildman–Crippen MR) is 94.6 cm³/mol. The van der Waals surface area contributed by atoms with Crippen molar-refractivity contribution in [3.05, 3.63) is 57.5 Å². The van der Waals surface area contributed by atoms with Gasteiger partial charge in [0.25, 0.3) is 0 Å². The van der Waals surface area contributed by atoms with Crippen LogP contribution in [0.5, 0.6) is 0 Å². The highest BCUT2D eigenvalue weighted by atomic mass is 35.5. The largest absolute Gasteiger partial charge is 0.324 e. The van der Waals surface area contributed by atoms with E-state index >= 15 is 0 Å². The lowest BCUT2D eigenvalue weighted by atomic mass is 10.2. The van der Waals surface area contributed by atoms with Crippen LogP contribution in [0.15, 0.2) is 42.5 Å². The zero-order chi connectivity index (χ0) is 17.0. The smallest absolute Gasteiger partial charge is 0.244 e. The first-order chi connectivity index (χ1) is 10.9. The lowest BCUT2D eigenvalue weighted by Crippen LogP contribution is -2.36. The maximum absolute atomic E-state index is 12.2. The Morgan fingerprint density at radius 3 is 2.39 bits per heavy atom. The van der Waals surface area contributed by atoms with Crippen LogP contribution in [0, 0.1) is 0 Å². The third kappa shape index (κ3) is 4.86. The van der Waals surface area contributed by atoms with Crippen LogP contribution < -0.4 is 10.2 Å². The van der Waals surface area contributed by atoms with Crippen molar-refractivity contribution in [2.75, 3.05) is 16.8 Å². The Labute approximate surface area is 148 Å². The fourth-order valence-corrected chi connectivity index (χ4v) is 2.43. The molecule has 0 fully saturated rings. The molecule has 0 saturated carbocycles. The molecule has 23 heavy (non-hydrogen) atoms. The summed E-state index contributed by atoms with van der Waals surface area (Å²) >= 11 is 17.7. The predicted octanol–water partition coefficient (Wildman–Crippen LogP) is 4.64. The molecule has 0 aromatic heterocycles. The van der Waals surface area contributed by atoms with Crippen molar-refractivity contribution in [3.63, 3.8) is 0 Å². The van der Waals surface area contributed by atoms with Crippen LogP contribution in [0.3, 0.4) is 0 Å². The Hall–Kier alpha value is -1.75. The van der Waals surface area contributed by atoms with Crippen molar-refractivity contribution in [1.82, 2.24) is 0 Å². The molecule has 120 valence electrons. The Kier molecular flexibility index (Phi) is 5.88. The zero-order valence-electron chi connectivity index (χ0n) is 12.1. The van der Waals surface area contributed by atoms with E-state index in [-0.39, 0.29) is 18.4 Å². The van der Waals surface area contributed by atoms with E-state index in [1.165, 1.54) is 17.9 Å². The van der Waals surface area contributed by atoms with Crippen LogP contribution in [0.2, 0.25) is 15.1 Å². The number of hydrogen-bond acceptors (Lipinski definition) is 2. The molecular weight excluding hydrogens is 359 g/mol. The molecular formula is C16H13Cl3N2O2. The minimum Gasteiger partial charge on any atom is -0.324 e. The van der Waals surface area contributed by atoms with Gasteiger partial charge in [-0.1, -0.05) is 40.9 Å². The fourth-order valence-electron chi connectivity index (χ4n) is 1.95. The van der Waals surface area contributed by atoms with Crippen molar-refractivity contribution >= 4 is 58.0 Å². The standard InChI is InChI=1S/C16H13Cl3N2O2/c1-10(22)21(13-5-6-14(18)15(19)8-13)9-16(23)20-12-4-2-3-11(17)7-12/h2-8H,9H2,1H3,(H,20,23). The minimum absolute atomic E-state index is 0.153. The molecule has 0 radical (unpaired) electrons. The van der Waals surface area contributed by atoms with Gasteiger partial charge in [0.15, 0.2) is 0 Å². The van der Waals surface area contributed by atoms with Gasteiger partial charge >= 0.3 is 0 Å². The molecule has 0 bridgehead atoms. The van der Waals surface area contributed by atoms with E-state index in [9.17, 15) is 9.59 Å². The zero-order valence-corrected chi connectivity index (χ0v) is 14.4. The van der Waals surface area contributed by atoms with E-state index < -0.39 is 0 Å². The number of hydrogen-bond donors (Lipinski definition) is 1. The second kappa shape index (κ2) is 7.68. The molecule has 0 heterocycles. The third-order valence-electron chi connectivity index (χ3n) is 3.01. The molecule has 2 amide bonds. The van der Waals surface area contributed by atoms with Crippen LogP contribution >= 0.6 is 34.8 Å². The Bertz CT molecular complexity index is 750. The third-order valence-corrected chi connectivity index (χ3v) is 3.98. The van der Waals surface area contributed by atoms with Crippen molar-refractivity contribution in [2.24, 2.45) is 0 Å². The van der Waals surface area contributed by atoms with Crippen molar-refractivity contribution in [1.29, 1.82) is 0 Å². The normalized spacial score (nSPS) is 10.3. The van der Waals surface area contributed by atoms with Gasteiger partial charge in [-0.3, -0.25) is 9.59 Å². The molecule has 2 rings (SSSR count). The number of nitrogens with one attached hydrogen (secondary N) is 1. The number of anilines is 2. The minimum atomic E-state index is -0.353. The van der Waals surface area contributed by atoms with Gasteiger partial charge in [-0.15, -0.1) is 0 Å². The van der Waals surface area contributed by atoms with Gasteiger partial charge < -0.3 is 10.2 Å². The fraction of sp³-hybridized carbons (Fsp3) is 0.125. The monoisotopic (exact) mass is 370 g/mol. The Balaban J connectivity index is 2.14. The second-order valence-electron chi connectivity index (χ2n) is 4.76. The van der Waals surface area contributed by atoms with Gasteiger partial charge in [-0.25, -0.2) is 0 Å². The Morgan fingerprint density at radius 1 is 1.04 bits per heavy atom. The molecule has 0 spiro atoms. The van der Waals surface area contributed by atoms with Crippen LogP contribution in [-0.2, 0) is 9.59 Å². The lowest BCUT2D eigenvalue weighted by molar-refractivity contribution is -0.120. The van der Waals surface area contributed by atoms with E-state index in [1.54, 1.807) is 36.4 Å². The summed E-state index contributed by atoms with van der Waals surface area (Å²) in [4.78, 5) is 25.3. The van der Waals surface area contributed by atoms with E-state index in [2.05, 4.69) is 5.32 Å². The number of carbonyl (C=O) groups excluding carboxylic acids is 2. The average Bonchev–Trinajstić information content (AvgIpc) is 2.47. The van der Waals surface area contributed by atoms with Gasteiger partial charge in [-0.2, -0.15) is 0 Å². The van der Waals surface area contributed by atoms with E-state index in [4.69, 9.17) is 34.8 Å². The molecule has 0 unspecified atom stereocenters. The highest BCUT2D eigenvalue weighted by Crippen LogP contribution is 2.27. The first kappa shape index (κ1) is 17.6. The number of nitrogens with zero attached hydrogens (tertiary/aromatic N) is 1. The molecule has 1 N–H and O–H groups in total. The van der Waals surface area contributed by atoms with E-state index in [1.807, 2.05) is 0 Å². The van der Waals surface area contributed by atoms with Crippen molar-refractivity contribution in [3.8, 4) is 0 Å². The van der Waals surface area contributed by atoms with Crippen LogP contribution in [-0.4, -0.2) is 18.4 Å². The molecule has 0 aliphatic heterocycles. The molecule has 7 heteroatoms. The molecule has 0 atom stereocenters. The van der Waals surface area contributed by atoms with E-state index in [0.29, 0.717) is 26.4 Å². The SMILES string of the molecule is CC(=O)N(CC(=O)Nc1cccc(Cl)c1)c1ccc(Cl)c(Cl)c1. The molecule has 0 saturated heterocycles. The van der Waals surface area contributed by atoms with Gasteiger partial charge in [0.1, 0.15) is 6.54 Å².